The van der Waals surface area contributed by atoms with Gasteiger partial charge in [-0.3, -0.25) is 4.79 Å². The van der Waals surface area contributed by atoms with Crippen LogP contribution in [0, 0.1) is 18.3 Å². The first-order valence-corrected chi connectivity index (χ1v) is 11.3. The Bertz CT molecular complexity index is 1090. The molecule has 0 N–H and O–H groups in total. The first kappa shape index (κ1) is 17.7. The van der Waals surface area contributed by atoms with Crippen molar-refractivity contribution in [1.82, 2.24) is 4.31 Å². The fourth-order valence-electron chi connectivity index (χ4n) is 5.34. The van der Waals surface area contributed by atoms with Crippen LogP contribution in [0.2, 0.25) is 0 Å². The number of rotatable bonds is 3. The van der Waals surface area contributed by atoms with Crippen molar-refractivity contribution in [2.75, 3.05) is 6.54 Å². The van der Waals surface area contributed by atoms with Gasteiger partial charge in [0.2, 0.25) is 5.91 Å². The van der Waals surface area contributed by atoms with Gasteiger partial charge in [-0.1, -0.05) is 60.0 Å². The van der Waals surface area contributed by atoms with Gasteiger partial charge in [0.15, 0.2) is 0 Å². The highest BCUT2D eigenvalue weighted by molar-refractivity contribution is 7.89. The van der Waals surface area contributed by atoms with Crippen molar-refractivity contribution in [3.8, 4) is 0 Å². The summed E-state index contributed by atoms with van der Waals surface area (Å²) in [6.45, 7) is 2.21. The number of hydrogen-bond acceptors (Lipinski definition) is 3. The van der Waals surface area contributed by atoms with Crippen molar-refractivity contribution < 1.29 is 13.2 Å². The lowest BCUT2D eigenvalue weighted by atomic mass is 9.51. The number of carbonyl (C=O) groups excluding carboxylic acids is 1. The monoisotopic (exact) mass is 393 g/mol. The maximum Gasteiger partial charge on any atom is 0.266 e. The number of hydrogen-bond donors (Lipinski definition) is 0. The van der Waals surface area contributed by atoms with E-state index in [9.17, 15) is 13.2 Å². The van der Waals surface area contributed by atoms with Crippen molar-refractivity contribution in [3.63, 3.8) is 0 Å². The third-order valence-electron chi connectivity index (χ3n) is 6.68. The number of amides is 1. The van der Waals surface area contributed by atoms with Crippen molar-refractivity contribution in [3.05, 3.63) is 71.3 Å². The molecule has 2 aromatic carbocycles. The van der Waals surface area contributed by atoms with Crippen LogP contribution in [0.5, 0.6) is 0 Å². The summed E-state index contributed by atoms with van der Waals surface area (Å²) < 4.78 is 27.7. The molecule has 3 aliphatic rings. The standard InChI is InChI=1S/C23H23NO3S/c1-16-10-12-18(13-11-16)28(26,27)24-15-23-14-6-5-9-19(23)20(21(23)22(24)25)17-7-3-2-4-8-17/h2-4,7-8,10-13,21H,5-6,9,14-15H2,1H3. The van der Waals surface area contributed by atoms with E-state index in [-0.39, 0.29) is 22.1 Å². The molecule has 1 aliphatic heterocycles. The Morgan fingerprint density at radius 1 is 1.00 bits per heavy atom. The first-order valence-electron chi connectivity index (χ1n) is 9.87. The quantitative estimate of drug-likeness (QED) is 0.786. The van der Waals surface area contributed by atoms with Crippen LogP contribution >= 0.6 is 0 Å². The van der Waals surface area contributed by atoms with E-state index < -0.39 is 10.0 Å². The number of nitrogens with zero attached hydrogens (tertiary/aromatic N) is 1. The van der Waals surface area contributed by atoms with Gasteiger partial charge >= 0.3 is 0 Å². The molecule has 28 heavy (non-hydrogen) atoms. The van der Waals surface area contributed by atoms with Gasteiger partial charge in [-0.25, -0.2) is 12.7 Å². The first-order chi connectivity index (χ1) is 13.4. The van der Waals surface area contributed by atoms with Gasteiger partial charge in [-0.2, -0.15) is 0 Å². The highest BCUT2D eigenvalue weighted by Gasteiger charge is 2.65. The van der Waals surface area contributed by atoms with Crippen LogP contribution in [0.4, 0.5) is 0 Å². The highest BCUT2D eigenvalue weighted by Crippen LogP contribution is 2.66. The summed E-state index contributed by atoms with van der Waals surface area (Å²) in [7, 11) is -3.83. The average molecular weight is 394 g/mol. The Hall–Kier alpha value is -2.40. The molecule has 5 rings (SSSR count). The van der Waals surface area contributed by atoms with Crippen molar-refractivity contribution in [1.29, 1.82) is 0 Å². The lowest BCUT2D eigenvalue weighted by Crippen LogP contribution is -2.45. The van der Waals surface area contributed by atoms with Gasteiger partial charge < -0.3 is 0 Å². The minimum atomic E-state index is -3.83. The van der Waals surface area contributed by atoms with Crippen LogP contribution in [-0.2, 0) is 14.8 Å². The van der Waals surface area contributed by atoms with E-state index >= 15 is 0 Å². The highest BCUT2D eigenvalue weighted by atomic mass is 32.2. The summed E-state index contributed by atoms with van der Waals surface area (Å²) in [4.78, 5) is 13.6. The van der Waals surface area contributed by atoms with E-state index in [2.05, 4.69) is 0 Å². The van der Waals surface area contributed by atoms with Crippen LogP contribution in [0.3, 0.4) is 0 Å². The molecule has 2 aromatic rings. The third-order valence-corrected chi connectivity index (χ3v) is 8.44. The number of aryl methyl sites for hydroxylation is 1. The maximum absolute atomic E-state index is 13.4. The zero-order valence-corrected chi connectivity index (χ0v) is 16.7. The SMILES string of the molecule is Cc1ccc(S(=O)(=O)N2CC34CCCCC3=C(c3ccccc3)C4C2=O)cc1. The molecule has 144 valence electrons. The van der Waals surface area contributed by atoms with Crippen molar-refractivity contribution >= 4 is 21.5 Å². The van der Waals surface area contributed by atoms with E-state index in [1.54, 1.807) is 24.3 Å². The van der Waals surface area contributed by atoms with Gasteiger partial charge in [0.1, 0.15) is 0 Å². The lowest BCUT2D eigenvalue weighted by molar-refractivity contribution is -0.126. The molecular weight excluding hydrogens is 370 g/mol. The predicted molar refractivity (Wildman–Crippen MR) is 108 cm³/mol. The van der Waals surface area contributed by atoms with Crippen LogP contribution in [-0.4, -0.2) is 25.2 Å². The normalized spacial score (nSPS) is 26.7. The van der Waals surface area contributed by atoms with Crippen molar-refractivity contribution in [2.24, 2.45) is 11.3 Å². The second-order valence-corrected chi connectivity index (χ2v) is 10.1. The van der Waals surface area contributed by atoms with Gasteiger partial charge in [0.05, 0.1) is 10.8 Å². The lowest BCUT2D eigenvalue weighted by Gasteiger charge is -2.50. The fraction of sp³-hybridized carbons (Fsp3) is 0.348. The summed E-state index contributed by atoms with van der Waals surface area (Å²) in [5.41, 5.74) is 4.14. The second-order valence-electron chi connectivity index (χ2n) is 8.22. The third kappa shape index (κ3) is 2.29. The van der Waals surface area contributed by atoms with Gasteiger partial charge in [-0.15, -0.1) is 0 Å². The molecule has 1 saturated carbocycles. The predicted octanol–water partition coefficient (Wildman–Crippen LogP) is 4.17. The van der Waals surface area contributed by atoms with Crippen LogP contribution in [0.15, 0.2) is 65.1 Å². The number of benzene rings is 2. The average Bonchev–Trinajstić information content (AvgIpc) is 2.90. The summed E-state index contributed by atoms with van der Waals surface area (Å²) >= 11 is 0. The maximum atomic E-state index is 13.4. The summed E-state index contributed by atoms with van der Waals surface area (Å²) in [6, 6.07) is 16.7. The second kappa shape index (κ2) is 6.05. The minimum absolute atomic E-state index is 0.197. The van der Waals surface area contributed by atoms with Crippen LogP contribution in [0.1, 0.15) is 36.8 Å². The van der Waals surface area contributed by atoms with Gasteiger partial charge in [0.25, 0.3) is 10.0 Å². The molecule has 1 saturated heterocycles. The van der Waals surface area contributed by atoms with E-state index in [4.69, 9.17) is 0 Å². The summed E-state index contributed by atoms with van der Waals surface area (Å²) in [5, 5.41) is 0. The molecule has 2 unspecified atom stereocenters. The fourth-order valence-corrected chi connectivity index (χ4v) is 6.82. The van der Waals surface area contributed by atoms with E-state index in [0.717, 1.165) is 46.7 Å². The molecule has 0 radical (unpaired) electrons. The van der Waals surface area contributed by atoms with Gasteiger partial charge in [-0.05, 0) is 49.5 Å². The summed E-state index contributed by atoms with van der Waals surface area (Å²) in [5.74, 6) is -0.587. The molecule has 2 atom stereocenters. The molecule has 0 aromatic heterocycles. The zero-order valence-electron chi connectivity index (χ0n) is 15.9. The molecule has 2 aliphatic carbocycles. The Labute approximate surface area is 165 Å². The number of sulfonamides is 1. The largest absolute Gasteiger partial charge is 0.273 e. The van der Waals surface area contributed by atoms with E-state index in [1.807, 2.05) is 37.3 Å². The van der Waals surface area contributed by atoms with E-state index in [0.29, 0.717) is 6.54 Å². The molecule has 5 heteroatoms. The van der Waals surface area contributed by atoms with E-state index in [1.165, 1.54) is 5.57 Å². The topological polar surface area (TPSA) is 54.5 Å². The smallest absolute Gasteiger partial charge is 0.266 e. The Kier molecular flexibility index (Phi) is 3.82. The molecule has 1 amide bonds. The van der Waals surface area contributed by atoms with Crippen LogP contribution in [0.25, 0.3) is 5.57 Å². The Balaban J connectivity index is 1.58. The Morgan fingerprint density at radius 3 is 2.43 bits per heavy atom. The summed E-state index contributed by atoms with van der Waals surface area (Å²) in [6.07, 6.45) is 4.02. The molecule has 1 spiro atoms. The molecular formula is C23H23NO3S. The Morgan fingerprint density at radius 2 is 1.71 bits per heavy atom. The molecule has 0 bridgehead atoms. The molecule has 1 heterocycles. The van der Waals surface area contributed by atoms with Crippen LogP contribution < -0.4 is 0 Å². The molecule has 4 nitrogen and oxygen atoms in total. The zero-order chi connectivity index (χ0) is 19.5. The van der Waals surface area contributed by atoms with Crippen molar-refractivity contribution in [2.45, 2.75) is 37.5 Å². The molecule has 2 fully saturated rings. The minimum Gasteiger partial charge on any atom is -0.273 e. The number of carbonyl (C=O) groups is 1. The van der Waals surface area contributed by atoms with Gasteiger partial charge in [0, 0.05) is 12.0 Å².